The lowest BCUT2D eigenvalue weighted by molar-refractivity contribution is -0.129. The summed E-state index contributed by atoms with van der Waals surface area (Å²) in [5.41, 5.74) is 2.29. The van der Waals surface area contributed by atoms with Gasteiger partial charge < -0.3 is 19.9 Å². The topological polar surface area (TPSA) is 91.5 Å². The van der Waals surface area contributed by atoms with Crippen molar-refractivity contribution in [2.45, 2.75) is 6.92 Å². The smallest absolute Gasteiger partial charge is 0.295 e. The summed E-state index contributed by atoms with van der Waals surface area (Å²) in [4.78, 5) is 41.8. The number of benzene rings is 2. The molecule has 0 saturated carbocycles. The quantitative estimate of drug-likeness (QED) is 0.509. The molecule has 0 bridgehead atoms. The molecule has 144 valence electrons. The van der Waals surface area contributed by atoms with Crippen molar-refractivity contribution in [3.8, 4) is 5.75 Å². The van der Waals surface area contributed by atoms with Crippen LogP contribution in [0.4, 0.5) is 5.69 Å². The number of aromatic amines is 1. The molecule has 0 aliphatic carbocycles. The van der Waals surface area contributed by atoms with Gasteiger partial charge in [-0.1, -0.05) is 24.3 Å². The molecule has 1 heterocycles. The highest BCUT2D eigenvalue weighted by molar-refractivity contribution is 6.45. The molecule has 3 aromatic rings. The van der Waals surface area contributed by atoms with E-state index in [1.807, 2.05) is 18.2 Å². The zero-order valence-corrected chi connectivity index (χ0v) is 15.9. The minimum absolute atomic E-state index is 0.247. The Bertz CT molecular complexity index is 1050. The molecular formula is C21H21N3O4. The fourth-order valence-electron chi connectivity index (χ4n) is 3.04. The molecule has 0 atom stereocenters. The van der Waals surface area contributed by atoms with E-state index in [0.29, 0.717) is 28.1 Å². The van der Waals surface area contributed by atoms with Crippen LogP contribution in [0.15, 0.2) is 48.5 Å². The van der Waals surface area contributed by atoms with Crippen LogP contribution in [-0.4, -0.2) is 48.2 Å². The zero-order chi connectivity index (χ0) is 20.3. The largest absolute Gasteiger partial charge is 0.497 e. The first-order valence-electron chi connectivity index (χ1n) is 8.71. The molecule has 0 aliphatic heterocycles. The summed E-state index contributed by atoms with van der Waals surface area (Å²) in [6.45, 7) is 1.50. The highest BCUT2D eigenvalue weighted by Crippen LogP contribution is 2.23. The Labute approximate surface area is 162 Å². The molecule has 0 unspecified atom stereocenters. The lowest BCUT2D eigenvalue weighted by Gasteiger charge is -2.16. The molecule has 2 N–H and O–H groups in total. The van der Waals surface area contributed by atoms with Gasteiger partial charge in [0.25, 0.3) is 11.7 Å². The van der Waals surface area contributed by atoms with Crippen LogP contribution in [0.5, 0.6) is 5.75 Å². The SMILES string of the molecule is COc1cccc(NC(=O)CN(C)C(=O)C(=O)c2c(C)[nH]c3ccccc23)c1. The summed E-state index contributed by atoms with van der Waals surface area (Å²) < 4.78 is 5.11. The zero-order valence-electron chi connectivity index (χ0n) is 15.9. The number of carbonyl (C=O) groups excluding carboxylic acids is 3. The highest BCUT2D eigenvalue weighted by Gasteiger charge is 2.26. The number of carbonyl (C=O) groups is 3. The van der Waals surface area contributed by atoms with Gasteiger partial charge in [-0.2, -0.15) is 0 Å². The molecule has 0 radical (unpaired) electrons. The summed E-state index contributed by atoms with van der Waals surface area (Å²) >= 11 is 0. The first-order chi connectivity index (χ1) is 13.4. The summed E-state index contributed by atoms with van der Waals surface area (Å²) in [6.07, 6.45) is 0. The fraction of sp³-hybridized carbons (Fsp3) is 0.190. The van der Waals surface area contributed by atoms with Crippen LogP contribution in [-0.2, 0) is 9.59 Å². The Morgan fingerprint density at radius 1 is 1.11 bits per heavy atom. The van der Waals surface area contributed by atoms with Gasteiger partial charge in [-0.05, 0) is 25.1 Å². The van der Waals surface area contributed by atoms with Gasteiger partial charge in [-0.15, -0.1) is 0 Å². The Kier molecular flexibility index (Phi) is 5.44. The standard InChI is InChI=1S/C21H21N3O4/c1-13-19(16-9-4-5-10-17(16)22-13)20(26)21(27)24(2)12-18(25)23-14-7-6-8-15(11-14)28-3/h4-11,22H,12H2,1-3H3,(H,23,25). The second kappa shape index (κ2) is 7.96. The molecule has 2 aromatic carbocycles. The molecule has 0 saturated heterocycles. The van der Waals surface area contributed by atoms with E-state index in [1.165, 1.54) is 14.2 Å². The van der Waals surface area contributed by atoms with Gasteiger partial charge >= 0.3 is 0 Å². The predicted octanol–water partition coefficient (Wildman–Crippen LogP) is 2.76. The van der Waals surface area contributed by atoms with E-state index in [0.717, 1.165) is 10.4 Å². The number of rotatable bonds is 6. The van der Waals surface area contributed by atoms with Crippen molar-refractivity contribution in [2.75, 3.05) is 26.0 Å². The van der Waals surface area contributed by atoms with Crippen LogP contribution in [0.1, 0.15) is 16.1 Å². The van der Waals surface area contributed by atoms with Crippen LogP contribution in [0.25, 0.3) is 10.9 Å². The number of Topliss-reactive ketones (excluding diaryl/α,β-unsaturated/α-hetero) is 1. The van der Waals surface area contributed by atoms with Crippen molar-refractivity contribution in [2.24, 2.45) is 0 Å². The second-order valence-corrected chi connectivity index (χ2v) is 6.44. The Balaban J connectivity index is 1.70. The first kappa shape index (κ1) is 19.2. The van der Waals surface area contributed by atoms with Gasteiger partial charge in [0.15, 0.2) is 0 Å². The number of amides is 2. The Morgan fingerprint density at radius 3 is 2.61 bits per heavy atom. The summed E-state index contributed by atoms with van der Waals surface area (Å²) in [5.74, 6) is -1.19. The fourth-order valence-corrected chi connectivity index (χ4v) is 3.04. The number of hydrogen-bond donors (Lipinski definition) is 2. The van der Waals surface area contributed by atoms with Crippen LogP contribution in [0.3, 0.4) is 0 Å². The van der Waals surface area contributed by atoms with Crippen LogP contribution in [0.2, 0.25) is 0 Å². The third kappa shape index (κ3) is 3.88. The minimum atomic E-state index is -0.742. The van der Waals surface area contributed by atoms with Crippen molar-refractivity contribution < 1.29 is 19.1 Å². The molecule has 0 fully saturated rings. The van der Waals surface area contributed by atoms with E-state index in [4.69, 9.17) is 4.74 Å². The van der Waals surface area contributed by atoms with Crippen molar-refractivity contribution in [1.82, 2.24) is 9.88 Å². The minimum Gasteiger partial charge on any atom is -0.497 e. The molecule has 2 amide bonds. The molecule has 1 aromatic heterocycles. The lowest BCUT2D eigenvalue weighted by atomic mass is 10.1. The maximum Gasteiger partial charge on any atom is 0.295 e. The molecule has 28 heavy (non-hydrogen) atoms. The Hall–Kier alpha value is -3.61. The number of anilines is 1. The van der Waals surface area contributed by atoms with Crippen molar-refractivity contribution in [3.63, 3.8) is 0 Å². The average molecular weight is 379 g/mol. The molecule has 7 nitrogen and oxygen atoms in total. The van der Waals surface area contributed by atoms with Gasteiger partial charge in [0.1, 0.15) is 5.75 Å². The van der Waals surface area contributed by atoms with E-state index in [-0.39, 0.29) is 6.54 Å². The van der Waals surface area contributed by atoms with Crippen molar-refractivity contribution in [1.29, 1.82) is 0 Å². The van der Waals surface area contributed by atoms with Gasteiger partial charge in [0.05, 0.1) is 19.2 Å². The van der Waals surface area contributed by atoms with E-state index in [1.54, 1.807) is 37.3 Å². The van der Waals surface area contributed by atoms with E-state index in [2.05, 4.69) is 10.3 Å². The lowest BCUT2D eigenvalue weighted by Crippen LogP contribution is -2.39. The number of nitrogens with zero attached hydrogens (tertiary/aromatic N) is 1. The molecule has 3 rings (SSSR count). The van der Waals surface area contributed by atoms with Crippen molar-refractivity contribution >= 4 is 34.2 Å². The molecule has 7 heteroatoms. The first-order valence-corrected chi connectivity index (χ1v) is 8.71. The molecular weight excluding hydrogens is 358 g/mol. The van der Waals surface area contributed by atoms with Gasteiger partial charge in [-0.25, -0.2) is 0 Å². The number of ketones is 1. The maximum atomic E-state index is 12.7. The average Bonchev–Trinajstić information content (AvgIpc) is 3.02. The number of para-hydroxylation sites is 1. The molecule has 0 spiro atoms. The predicted molar refractivity (Wildman–Crippen MR) is 107 cm³/mol. The summed E-state index contributed by atoms with van der Waals surface area (Å²) in [6, 6.07) is 14.2. The number of H-pyrrole nitrogens is 1. The van der Waals surface area contributed by atoms with E-state index in [9.17, 15) is 14.4 Å². The monoisotopic (exact) mass is 379 g/mol. The number of methoxy groups -OCH3 is 1. The van der Waals surface area contributed by atoms with Gasteiger partial charge in [-0.3, -0.25) is 14.4 Å². The summed E-state index contributed by atoms with van der Waals surface area (Å²) in [7, 11) is 2.96. The molecule has 0 aliphatic rings. The van der Waals surface area contributed by atoms with Crippen LogP contribution in [0, 0.1) is 6.92 Å². The number of fused-ring (bicyclic) bond motifs is 1. The van der Waals surface area contributed by atoms with Crippen LogP contribution < -0.4 is 10.1 Å². The summed E-state index contributed by atoms with van der Waals surface area (Å²) in [5, 5.41) is 3.37. The number of aryl methyl sites for hydroxylation is 1. The number of aromatic nitrogens is 1. The number of hydrogen-bond acceptors (Lipinski definition) is 4. The third-order valence-corrected chi connectivity index (χ3v) is 4.40. The second-order valence-electron chi connectivity index (χ2n) is 6.44. The third-order valence-electron chi connectivity index (χ3n) is 4.40. The van der Waals surface area contributed by atoms with Gasteiger partial charge in [0.2, 0.25) is 5.91 Å². The number of ether oxygens (including phenoxy) is 1. The van der Waals surface area contributed by atoms with Gasteiger partial charge in [0, 0.05) is 35.4 Å². The van der Waals surface area contributed by atoms with E-state index >= 15 is 0 Å². The van der Waals surface area contributed by atoms with E-state index < -0.39 is 17.6 Å². The Morgan fingerprint density at radius 2 is 1.86 bits per heavy atom. The highest BCUT2D eigenvalue weighted by atomic mass is 16.5. The normalized spacial score (nSPS) is 10.5. The maximum absolute atomic E-state index is 12.7. The van der Waals surface area contributed by atoms with Crippen LogP contribution >= 0.6 is 0 Å². The number of likely N-dealkylation sites (N-methyl/N-ethyl adjacent to an activating group) is 1. The number of nitrogens with one attached hydrogen (secondary N) is 2. The van der Waals surface area contributed by atoms with Crippen molar-refractivity contribution in [3.05, 3.63) is 59.8 Å².